The molecule has 1 aliphatic rings. The molecular weight excluding hydrogens is 358 g/mol. The average Bonchev–Trinajstić information content (AvgIpc) is 2.56. The van der Waals surface area contributed by atoms with Crippen LogP contribution in [0, 0.1) is 11.6 Å². The summed E-state index contributed by atoms with van der Waals surface area (Å²) in [6.45, 7) is 2.93. The number of halogens is 2. The van der Waals surface area contributed by atoms with Gasteiger partial charge >= 0.3 is 11.9 Å². The highest BCUT2D eigenvalue weighted by Gasteiger charge is 2.38. The first-order chi connectivity index (χ1) is 12.7. The van der Waals surface area contributed by atoms with Crippen LogP contribution < -0.4 is 4.74 Å². The van der Waals surface area contributed by atoms with Crippen molar-refractivity contribution in [3.63, 3.8) is 0 Å². The van der Waals surface area contributed by atoms with Crippen LogP contribution in [0.1, 0.15) is 25.0 Å². The van der Waals surface area contributed by atoms with Crippen LogP contribution in [0.5, 0.6) is 5.75 Å². The molecule has 0 N–H and O–H groups in total. The summed E-state index contributed by atoms with van der Waals surface area (Å²) < 4.78 is 41.9. The fraction of sp³-hybridized carbons (Fsp3) is 0.200. The Labute approximate surface area is 154 Å². The lowest BCUT2D eigenvalue weighted by Gasteiger charge is -2.29. The van der Waals surface area contributed by atoms with Crippen LogP contribution in [0.15, 0.2) is 48.0 Å². The summed E-state index contributed by atoms with van der Waals surface area (Å²) in [6, 6.07) is 9.60. The molecule has 0 radical (unpaired) electrons. The first-order valence-corrected chi connectivity index (χ1v) is 8.08. The van der Waals surface area contributed by atoms with Gasteiger partial charge in [-0.25, -0.2) is 18.4 Å². The number of carbonyl (C=O) groups excluding carboxylic acids is 2. The molecule has 0 bridgehead atoms. The molecule has 0 amide bonds. The van der Waals surface area contributed by atoms with E-state index in [2.05, 4.69) is 0 Å². The van der Waals surface area contributed by atoms with E-state index in [1.807, 2.05) is 0 Å². The third-order valence-electron chi connectivity index (χ3n) is 3.64. The molecule has 2 aromatic carbocycles. The van der Waals surface area contributed by atoms with Gasteiger partial charge < -0.3 is 14.2 Å². The summed E-state index contributed by atoms with van der Waals surface area (Å²) in [7, 11) is 0. The Bertz CT molecular complexity index is 874. The molecular formula is C20H16F2O5. The van der Waals surface area contributed by atoms with Gasteiger partial charge in [0.1, 0.15) is 29.6 Å². The van der Waals surface area contributed by atoms with E-state index in [0.29, 0.717) is 16.9 Å². The van der Waals surface area contributed by atoms with E-state index in [0.717, 1.165) is 6.07 Å². The van der Waals surface area contributed by atoms with Gasteiger partial charge in [-0.15, -0.1) is 0 Å². The molecule has 0 spiro atoms. The van der Waals surface area contributed by atoms with Gasteiger partial charge in [0.25, 0.3) is 5.79 Å². The normalized spacial score (nSPS) is 15.8. The van der Waals surface area contributed by atoms with Crippen molar-refractivity contribution < 1.29 is 32.6 Å². The molecule has 140 valence electrons. The minimum Gasteiger partial charge on any atom is -0.489 e. The first kappa shape index (κ1) is 18.6. The maximum absolute atomic E-state index is 13.2. The van der Waals surface area contributed by atoms with Crippen molar-refractivity contribution in [1.29, 1.82) is 0 Å². The molecule has 2 aromatic rings. The number of esters is 2. The second kappa shape index (κ2) is 7.19. The van der Waals surface area contributed by atoms with Crippen LogP contribution in [0.4, 0.5) is 8.78 Å². The summed E-state index contributed by atoms with van der Waals surface area (Å²) >= 11 is 0. The summed E-state index contributed by atoms with van der Waals surface area (Å²) in [5.41, 5.74) is 0.704. The van der Waals surface area contributed by atoms with Crippen LogP contribution in [0.3, 0.4) is 0 Å². The summed E-state index contributed by atoms with van der Waals surface area (Å²) in [4.78, 5) is 23.9. The van der Waals surface area contributed by atoms with Crippen molar-refractivity contribution in [2.24, 2.45) is 0 Å². The molecule has 5 nitrogen and oxygen atoms in total. The molecule has 0 atom stereocenters. The van der Waals surface area contributed by atoms with Gasteiger partial charge in [-0.3, -0.25) is 0 Å². The number of hydrogen-bond donors (Lipinski definition) is 0. The summed E-state index contributed by atoms with van der Waals surface area (Å²) in [5, 5.41) is 0. The molecule has 1 heterocycles. The van der Waals surface area contributed by atoms with Gasteiger partial charge in [-0.05, 0) is 41.5 Å². The van der Waals surface area contributed by atoms with Gasteiger partial charge in [0.15, 0.2) is 0 Å². The van der Waals surface area contributed by atoms with Crippen LogP contribution in [-0.4, -0.2) is 17.7 Å². The quantitative estimate of drug-likeness (QED) is 0.463. The molecule has 0 aliphatic carbocycles. The molecule has 1 saturated heterocycles. The third kappa shape index (κ3) is 4.69. The van der Waals surface area contributed by atoms with Crippen LogP contribution in [-0.2, 0) is 25.7 Å². The van der Waals surface area contributed by atoms with Crippen molar-refractivity contribution in [2.45, 2.75) is 26.2 Å². The Morgan fingerprint density at radius 3 is 2.07 bits per heavy atom. The van der Waals surface area contributed by atoms with Crippen molar-refractivity contribution in [3.05, 3.63) is 70.8 Å². The number of benzene rings is 2. The van der Waals surface area contributed by atoms with Crippen LogP contribution >= 0.6 is 0 Å². The topological polar surface area (TPSA) is 61.8 Å². The smallest absolute Gasteiger partial charge is 0.348 e. The molecule has 27 heavy (non-hydrogen) atoms. The van der Waals surface area contributed by atoms with E-state index < -0.39 is 29.4 Å². The molecule has 3 rings (SSSR count). The fourth-order valence-corrected chi connectivity index (χ4v) is 2.47. The molecule has 1 fully saturated rings. The van der Waals surface area contributed by atoms with E-state index in [1.165, 1.54) is 32.1 Å². The standard InChI is InChI=1S/C20H16F2O5/c1-20(2)26-18(23)17(19(24)27-20)9-12-3-5-16(6-4-12)25-11-13-7-14(21)10-15(22)8-13/h3-10H,11H2,1-2H3. The number of rotatable bonds is 4. The maximum atomic E-state index is 13.2. The van der Waals surface area contributed by atoms with E-state index in [-0.39, 0.29) is 12.2 Å². The largest absolute Gasteiger partial charge is 0.489 e. The highest BCUT2D eigenvalue weighted by atomic mass is 19.1. The summed E-state index contributed by atoms with van der Waals surface area (Å²) in [5.74, 6) is -3.71. The predicted molar refractivity (Wildman–Crippen MR) is 91.4 cm³/mol. The number of hydrogen-bond acceptors (Lipinski definition) is 5. The SMILES string of the molecule is CC1(C)OC(=O)C(=Cc2ccc(OCc3cc(F)cc(F)c3)cc2)C(=O)O1. The maximum Gasteiger partial charge on any atom is 0.348 e. The minimum absolute atomic E-state index is 0.0111. The van der Waals surface area contributed by atoms with E-state index >= 15 is 0 Å². The van der Waals surface area contributed by atoms with Crippen molar-refractivity contribution in [1.82, 2.24) is 0 Å². The van der Waals surface area contributed by atoms with Crippen LogP contribution in [0.2, 0.25) is 0 Å². The number of cyclic esters (lactones) is 2. The summed E-state index contributed by atoms with van der Waals surface area (Å²) in [6.07, 6.45) is 1.35. The van der Waals surface area contributed by atoms with Gasteiger partial charge in [0.2, 0.25) is 0 Å². The molecule has 1 aliphatic heterocycles. The number of carbonyl (C=O) groups is 2. The zero-order valence-corrected chi connectivity index (χ0v) is 14.6. The van der Waals surface area contributed by atoms with Gasteiger partial charge in [-0.1, -0.05) is 12.1 Å². The Morgan fingerprint density at radius 2 is 1.52 bits per heavy atom. The average molecular weight is 374 g/mol. The highest BCUT2D eigenvalue weighted by molar-refractivity contribution is 6.18. The van der Waals surface area contributed by atoms with E-state index in [4.69, 9.17) is 14.2 Å². The van der Waals surface area contributed by atoms with Crippen molar-refractivity contribution in [3.8, 4) is 5.75 Å². The first-order valence-electron chi connectivity index (χ1n) is 8.08. The molecule has 0 aromatic heterocycles. The Kier molecular flexibility index (Phi) is 4.94. The minimum atomic E-state index is -1.29. The lowest BCUT2D eigenvalue weighted by atomic mass is 10.1. The zero-order chi connectivity index (χ0) is 19.6. The fourth-order valence-electron chi connectivity index (χ4n) is 2.47. The monoisotopic (exact) mass is 374 g/mol. The third-order valence-corrected chi connectivity index (χ3v) is 3.64. The molecule has 0 saturated carbocycles. The Morgan fingerprint density at radius 1 is 0.963 bits per heavy atom. The lowest BCUT2D eigenvalue weighted by molar-refractivity contribution is -0.222. The Balaban J connectivity index is 1.68. The van der Waals surface area contributed by atoms with Gasteiger partial charge in [0.05, 0.1) is 0 Å². The Hall–Kier alpha value is -3.22. The van der Waals surface area contributed by atoms with Gasteiger partial charge in [0, 0.05) is 19.9 Å². The molecule has 7 heteroatoms. The highest BCUT2D eigenvalue weighted by Crippen LogP contribution is 2.25. The van der Waals surface area contributed by atoms with Gasteiger partial charge in [-0.2, -0.15) is 0 Å². The zero-order valence-electron chi connectivity index (χ0n) is 14.6. The van der Waals surface area contributed by atoms with Crippen molar-refractivity contribution in [2.75, 3.05) is 0 Å². The predicted octanol–water partition coefficient (Wildman–Crippen LogP) is 3.76. The number of ether oxygens (including phenoxy) is 3. The van der Waals surface area contributed by atoms with Crippen molar-refractivity contribution >= 4 is 18.0 Å². The second-order valence-corrected chi connectivity index (χ2v) is 6.37. The van der Waals surface area contributed by atoms with E-state index in [9.17, 15) is 18.4 Å². The van der Waals surface area contributed by atoms with Crippen LogP contribution in [0.25, 0.3) is 6.08 Å². The molecule has 0 unspecified atom stereocenters. The lowest BCUT2D eigenvalue weighted by Crippen LogP contribution is -2.41. The van der Waals surface area contributed by atoms with E-state index in [1.54, 1.807) is 24.3 Å². The second-order valence-electron chi connectivity index (χ2n) is 6.37.